The van der Waals surface area contributed by atoms with Crippen LogP contribution in [0.15, 0.2) is 77.7 Å². The summed E-state index contributed by atoms with van der Waals surface area (Å²) in [6, 6.07) is 16.5. The summed E-state index contributed by atoms with van der Waals surface area (Å²) >= 11 is 0. The Morgan fingerprint density at radius 3 is 2.48 bits per heavy atom. The molecule has 12 heteroatoms. The Morgan fingerprint density at radius 2 is 1.76 bits per heavy atom. The fourth-order valence-electron chi connectivity index (χ4n) is 5.00. The van der Waals surface area contributed by atoms with E-state index in [0.29, 0.717) is 31.1 Å². The zero-order chi connectivity index (χ0) is 30.3. The first-order chi connectivity index (χ1) is 19.9. The van der Waals surface area contributed by atoms with Crippen LogP contribution in [-0.4, -0.2) is 31.9 Å². The number of fused-ring (bicyclic) bond motifs is 1. The van der Waals surface area contributed by atoms with Crippen molar-refractivity contribution in [3.8, 4) is 0 Å². The lowest BCUT2D eigenvalue weighted by Crippen LogP contribution is -2.36. The van der Waals surface area contributed by atoms with Gasteiger partial charge in [0.05, 0.1) is 29.0 Å². The van der Waals surface area contributed by atoms with Gasteiger partial charge in [-0.05, 0) is 59.7 Å². The summed E-state index contributed by atoms with van der Waals surface area (Å²) in [5.74, 6) is -1.28. The molecule has 0 unspecified atom stereocenters. The smallest absolute Gasteiger partial charge is 0.416 e. The van der Waals surface area contributed by atoms with Crippen LogP contribution in [0.25, 0.3) is 0 Å². The molecular formula is C30H32F3N3O5S. The zero-order valence-corrected chi connectivity index (χ0v) is 23.5. The number of carbonyl (C=O) groups excluding carboxylic acids is 1. The van der Waals surface area contributed by atoms with Crippen molar-refractivity contribution < 1.29 is 36.3 Å². The maximum absolute atomic E-state index is 13.3. The summed E-state index contributed by atoms with van der Waals surface area (Å²) in [7, 11) is -4.41. The third-order valence-electron chi connectivity index (χ3n) is 7.06. The van der Waals surface area contributed by atoms with Crippen molar-refractivity contribution in [2.45, 2.75) is 61.8 Å². The minimum Gasteiger partial charge on any atom is -0.481 e. The number of carboxylic acids is 1. The summed E-state index contributed by atoms with van der Waals surface area (Å²) in [5, 5.41) is 14.9. The van der Waals surface area contributed by atoms with Crippen LogP contribution in [0.1, 0.15) is 65.6 Å². The molecule has 0 spiro atoms. The molecule has 2 atom stereocenters. The number of alkyl halides is 3. The van der Waals surface area contributed by atoms with Crippen LogP contribution in [0.5, 0.6) is 0 Å². The second-order valence-electron chi connectivity index (χ2n) is 10.2. The molecule has 3 aromatic rings. The third kappa shape index (κ3) is 8.40. The van der Waals surface area contributed by atoms with Gasteiger partial charge in [-0.25, -0.2) is 13.1 Å². The van der Waals surface area contributed by atoms with E-state index in [2.05, 4.69) is 15.4 Å². The average molecular weight is 604 g/mol. The summed E-state index contributed by atoms with van der Waals surface area (Å²) in [6.07, 6.45) is -2.59. The fraction of sp³-hybridized carbons (Fsp3) is 0.333. The van der Waals surface area contributed by atoms with Gasteiger partial charge in [-0.2, -0.15) is 13.2 Å². The summed E-state index contributed by atoms with van der Waals surface area (Å²) in [4.78, 5) is 23.4. The zero-order valence-electron chi connectivity index (χ0n) is 22.7. The van der Waals surface area contributed by atoms with Gasteiger partial charge in [-0.1, -0.05) is 54.6 Å². The second kappa shape index (κ2) is 13.5. The van der Waals surface area contributed by atoms with Crippen LogP contribution in [0.2, 0.25) is 0 Å². The Labute approximate surface area is 242 Å². The molecule has 3 aromatic carbocycles. The molecule has 0 aliphatic heterocycles. The first-order valence-electron chi connectivity index (χ1n) is 13.5. The van der Waals surface area contributed by atoms with E-state index in [1.54, 1.807) is 30.3 Å². The van der Waals surface area contributed by atoms with Gasteiger partial charge < -0.3 is 15.7 Å². The summed E-state index contributed by atoms with van der Waals surface area (Å²) in [5.41, 5.74) is 2.44. The lowest BCUT2D eigenvalue weighted by atomic mass is 9.86. The molecule has 0 bridgehead atoms. The lowest BCUT2D eigenvalue weighted by molar-refractivity contribution is -0.138. The van der Waals surface area contributed by atoms with E-state index in [1.807, 2.05) is 18.2 Å². The van der Waals surface area contributed by atoms with Gasteiger partial charge in [0.15, 0.2) is 0 Å². The van der Waals surface area contributed by atoms with E-state index in [4.69, 9.17) is 5.11 Å². The van der Waals surface area contributed by atoms with Gasteiger partial charge in [0.1, 0.15) is 0 Å². The highest BCUT2D eigenvalue weighted by Crippen LogP contribution is 2.32. The quantitative estimate of drug-likeness (QED) is 0.219. The molecule has 1 aliphatic carbocycles. The first kappa shape index (κ1) is 31.2. The van der Waals surface area contributed by atoms with E-state index in [1.165, 1.54) is 0 Å². The highest BCUT2D eigenvalue weighted by Gasteiger charge is 2.32. The van der Waals surface area contributed by atoms with E-state index in [9.17, 15) is 31.2 Å². The van der Waals surface area contributed by atoms with E-state index < -0.39 is 44.6 Å². The molecular weight excluding hydrogens is 571 g/mol. The molecule has 0 aromatic heterocycles. The molecule has 0 heterocycles. The van der Waals surface area contributed by atoms with E-state index in [0.717, 1.165) is 47.7 Å². The number of aryl methyl sites for hydroxylation is 1. The molecule has 0 saturated carbocycles. The fourth-order valence-corrected chi connectivity index (χ4v) is 6.27. The van der Waals surface area contributed by atoms with Gasteiger partial charge in [-0.3, -0.25) is 9.59 Å². The molecule has 1 amide bonds. The maximum Gasteiger partial charge on any atom is 0.416 e. The highest BCUT2D eigenvalue weighted by atomic mass is 32.2. The Bertz CT molecular complexity index is 1510. The van der Waals surface area contributed by atoms with Crippen molar-refractivity contribution in [1.29, 1.82) is 0 Å². The highest BCUT2D eigenvalue weighted by molar-refractivity contribution is 7.89. The second-order valence-corrected chi connectivity index (χ2v) is 11.9. The van der Waals surface area contributed by atoms with Crippen LogP contribution in [0.3, 0.4) is 0 Å². The molecule has 0 saturated heterocycles. The number of aliphatic carboxylic acids is 1. The topological polar surface area (TPSA) is 125 Å². The van der Waals surface area contributed by atoms with Crippen LogP contribution in [0.4, 0.5) is 13.2 Å². The standard InChI is InChI=1S/C30H32F3N3O5S/c31-30(32,33)23-9-5-10-24(17-23)42(40,41)36-27(21-6-2-1-3-7-21)18-28(37)35-26-11-4-8-22-16-20(12-13-25(22)26)19-34-15-14-29(38)39/h1-3,5-7,9-10,12-13,16-17,26-27,34,36H,4,8,11,14-15,18-19H2,(H,35,37)(H,38,39)/t26-,27-/m1/s1. The predicted molar refractivity (Wildman–Crippen MR) is 150 cm³/mol. The van der Waals surface area contributed by atoms with Crippen molar-refractivity contribution in [3.63, 3.8) is 0 Å². The van der Waals surface area contributed by atoms with E-state index >= 15 is 0 Å². The lowest BCUT2D eigenvalue weighted by Gasteiger charge is -2.28. The SMILES string of the molecule is O=C(O)CCNCc1ccc2c(c1)CCC[C@H]2NC(=O)C[C@@H](NS(=O)(=O)c1cccc(C(F)(F)F)c1)c1ccccc1. The third-order valence-corrected chi connectivity index (χ3v) is 8.53. The number of sulfonamides is 1. The number of amides is 1. The number of hydrogen-bond acceptors (Lipinski definition) is 5. The van der Waals surface area contributed by atoms with Crippen LogP contribution < -0.4 is 15.4 Å². The summed E-state index contributed by atoms with van der Waals surface area (Å²) in [6.45, 7) is 0.869. The number of benzene rings is 3. The van der Waals surface area contributed by atoms with Gasteiger partial charge in [0.25, 0.3) is 0 Å². The Hall–Kier alpha value is -3.74. The van der Waals surface area contributed by atoms with Crippen molar-refractivity contribution >= 4 is 21.9 Å². The van der Waals surface area contributed by atoms with Crippen LogP contribution in [-0.2, 0) is 38.8 Å². The molecule has 224 valence electrons. The van der Waals surface area contributed by atoms with Gasteiger partial charge >= 0.3 is 12.1 Å². The normalized spacial score (nSPS) is 15.9. The molecule has 4 N–H and O–H groups in total. The van der Waals surface area contributed by atoms with Crippen molar-refractivity contribution in [2.24, 2.45) is 0 Å². The summed E-state index contributed by atoms with van der Waals surface area (Å²) < 4.78 is 68.4. The number of halogens is 3. The van der Waals surface area contributed by atoms with Gasteiger partial charge in [-0.15, -0.1) is 0 Å². The van der Waals surface area contributed by atoms with Gasteiger partial charge in [0, 0.05) is 19.5 Å². The molecule has 42 heavy (non-hydrogen) atoms. The Kier molecular flexibility index (Phi) is 10.0. The van der Waals surface area contributed by atoms with Crippen LogP contribution >= 0.6 is 0 Å². The maximum atomic E-state index is 13.3. The minimum atomic E-state index is -4.71. The van der Waals surface area contributed by atoms with Crippen molar-refractivity contribution in [3.05, 3.63) is 101 Å². The first-order valence-corrected chi connectivity index (χ1v) is 15.0. The average Bonchev–Trinajstić information content (AvgIpc) is 2.95. The predicted octanol–water partition coefficient (Wildman–Crippen LogP) is 4.87. The number of carbonyl (C=O) groups is 2. The van der Waals surface area contributed by atoms with E-state index in [-0.39, 0.29) is 18.9 Å². The Morgan fingerprint density at radius 1 is 1.00 bits per heavy atom. The molecule has 1 aliphatic rings. The van der Waals surface area contributed by atoms with Gasteiger partial charge in [0.2, 0.25) is 15.9 Å². The monoisotopic (exact) mass is 603 g/mol. The molecule has 0 fully saturated rings. The number of nitrogens with one attached hydrogen (secondary N) is 3. The largest absolute Gasteiger partial charge is 0.481 e. The number of hydrogen-bond donors (Lipinski definition) is 4. The minimum absolute atomic E-state index is 0.0269. The number of carboxylic acid groups (broad SMARTS) is 1. The molecule has 0 radical (unpaired) electrons. The molecule has 8 nitrogen and oxygen atoms in total. The van der Waals surface area contributed by atoms with Crippen molar-refractivity contribution in [2.75, 3.05) is 6.54 Å². The van der Waals surface area contributed by atoms with Crippen molar-refractivity contribution in [1.82, 2.24) is 15.4 Å². The number of rotatable bonds is 12. The van der Waals surface area contributed by atoms with Crippen LogP contribution in [0, 0.1) is 0 Å². The molecule has 4 rings (SSSR count). The Balaban J connectivity index is 1.47.